The number of hydrogen-bond donors (Lipinski definition) is 4. The quantitative estimate of drug-likeness (QED) is 0.416. The van der Waals surface area contributed by atoms with Gasteiger partial charge in [-0.2, -0.15) is 13.2 Å². The van der Waals surface area contributed by atoms with E-state index in [9.17, 15) is 23.1 Å². The van der Waals surface area contributed by atoms with Crippen molar-refractivity contribution in [3.63, 3.8) is 0 Å². The molecule has 0 bridgehead atoms. The highest BCUT2D eigenvalue weighted by molar-refractivity contribution is 6.02. The lowest BCUT2D eigenvalue weighted by Crippen LogP contribution is -2.29. The van der Waals surface area contributed by atoms with Gasteiger partial charge in [0.15, 0.2) is 0 Å². The second-order valence-corrected chi connectivity index (χ2v) is 6.92. The zero-order valence-corrected chi connectivity index (χ0v) is 16.1. The fourth-order valence-corrected chi connectivity index (χ4v) is 3.14. The number of halogens is 3. The van der Waals surface area contributed by atoms with E-state index in [1.54, 1.807) is 6.92 Å². The van der Waals surface area contributed by atoms with E-state index in [4.69, 9.17) is 10.1 Å². The first kappa shape index (κ1) is 21.8. The molecule has 3 rings (SSSR count). The summed E-state index contributed by atoms with van der Waals surface area (Å²) in [4.78, 5) is 19.6. The predicted octanol–water partition coefficient (Wildman–Crippen LogP) is 2.92. The Balaban J connectivity index is 1.95. The maximum atomic E-state index is 12.9. The van der Waals surface area contributed by atoms with Crippen LogP contribution >= 0.6 is 0 Å². The molecule has 1 aliphatic carbocycles. The molecule has 30 heavy (non-hydrogen) atoms. The van der Waals surface area contributed by atoms with Crippen molar-refractivity contribution >= 4 is 11.5 Å². The van der Waals surface area contributed by atoms with Crippen LogP contribution in [0, 0.1) is 5.41 Å². The number of nitrogens with zero attached hydrogens (tertiary/aromatic N) is 1. The van der Waals surface area contributed by atoms with E-state index >= 15 is 0 Å². The maximum Gasteiger partial charge on any atom is 0.417 e. The van der Waals surface area contributed by atoms with Crippen LogP contribution in [0.1, 0.15) is 37.3 Å². The van der Waals surface area contributed by atoms with E-state index in [0.717, 1.165) is 18.6 Å². The zero-order valence-electron chi connectivity index (χ0n) is 16.1. The summed E-state index contributed by atoms with van der Waals surface area (Å²) < 4.78 is 44.3. The molecule has 7 nitrogen and oxygen atoms in total. The number of ether oxygens (including phenoxy) is 1. The monoisotopic (exact) mass is 422 g/mol. The summed E-state index contributed by atoms with van der Waals surface area (Å²) in [6.07, 6.45) is 1.13. The number of hydrogen-bond acceptors (Lipinski definition) is 6. The number of aliphatic hydroxyl groups is 1. The lowest BCUT2D eigenvalue weighted by Gasteiger charge is -2.19. The van der Waals surface area contributed by atoms with Crippen molar-refractivity contribution < 1.29 is 23.0 Å². The number of H-pyrrole nitrogens is 1. The van der Waals surface area contributed by atoms with Crippen LogP contribution in [-0.2, 0) is 4.74 Å². The molecule has 0 amide bonds. The summed E-state index contributed by atoms with van der Waals surface area (Å²) in [5.74, 6) is 0.351. The summed E-state index contributed by atoms with van der Waals surface area (Å²) in [7, 11) is 0. The van der Waals surface area contributed by atoms with Gasteiger partial charge in [-0.05, 0) is 43.6 Å². The molecular formula is C20H21F3N4O3. The molecule has 0 aromatic carbocycles. The molecule has 1 saturated heterocycles. The van der Waals surface area contributed by atoms with Crippen molar-refractivity contribution in [3.8, 4) is 0 Å². The Labute approximate surface area is 170 Å². The topological polar surface area (TPSA) is 111 Å². The maximum absolute atomic E-state index is 12.9. The summed E-state index contributed by atoms with van der Waals surface area (Å²) >= 11 is 0. The largest absolute Gasteiger partial charge is 0.417 e. The Morgan fingerprint density at radius 3 is 2.87 bits per heavy atom. The van der Waals surface area contributed by atoms with Crippen molar-refractivity contribution in [2.45, 2.75) is 38.1 Å². The molecule has 2 heterocycles. The summed E-state index contributed by atoms with van der Waals surface area (Å²) in [6.45, 7) is 1.55. The minimum absolute atomic E-state index is 0.0540. The molecule has 0 spiro atoms. The van der Waals surface area contributed by atoms with Crippen LogP contribution < -0.4 is 10.9 Å². The van der Waals surface area contributed by atoms with Gasteiger partial charge in [0, 0.05) is 6.61 Å². The first-order valence-electron chi connectivity index (χ1n) is 9.33. The average Bonchev–Trinajstić information content (AvgIpc) is 3.10. The highest BCUT2D eigenvalue weighted by atomic mass is 19.4. The average molecular weight is 422 g/mol. The SMILES string of the molecule is CC(Nc1nc(C2CCCO2)[nH]c(=O)c1C(=N)CO)C1=CC=C(C(F)(F)F)C=C=C1. The summed E-state index contributed by atoms with van der Waals surface area (Å²) in [5.41, 5.74) is 1.06. The van der Waals surface area contributed by atoms with Gasteiger partial charge in [-0.15, -0.1) is 5.73 Å². The van der Waals surface area contributed by atoms with Gasteiger partial charge in [-0.1, -0.05) is 6.08 Å². The van der Waals surface area contributed by atoms with Crippen LogP contribution in [0.4, 0.5) is 19.0 Å². The molecule has 160 valence electrons. The van der Waals surface area contributed by atoms with Crippen molar-refractivity contribution in [1.82, 2.24) is 9.97 Å². The number of alkyl halides is 3. The number of allylic oxidation sites excluding steroid dienone is 3. The second kappa shape index (κ2) is 8.83. The number of aliphatic hydroxyl groups excluding tert-OH is 1. The highest BCUT2D eigenvalue weighted by Gasteiger charge is 2.32. The first-order valence-corrected chi connectivity index (χ1v) is 9.33. The van der Waals surface area contributed by atoms with Gasteiger partial charge in [0.25, 0.3) is 5.56 Å². The Morgan fingerprint density at radius 2 is 2.23 bits per heavy atom. The van der Waals surface area contributed by atoms with Gasteiger partial charge in [0.05, 0.1) is 23.9 Å². The van der Waals surface area contributed by atoms with Gasteiger partial charge < -0.3 is 25.6 Å². The second-order valence-electron chi connectivity index (χ2n) is 6.92. The Hall–Kier alpha value is -2.94. The molecule has 1 aromatic heterocycles. The lowest BCUT2D eigenvalue weighted by molar-refractivity contribution is -0.0881. The van der Waals surface area contributed by atoms with E-state index in [1.165, 1.54) is 12.2 Å². The molecule has 2 atom stereocenters. The van der Waals surface area contributed by atoms with Crippen molar-refractivity contribution in [2.24, 2.45) is 0 Å². The minimum Gasteiger partial charge on any atom is -0.390 e. The molecule has 10 heteroatoms. The number of nitrogens with one attached hydrogen (secondary N) is 3. The van der Waals surface area contributed by atoms with Crippen LogP contribution in [0.15, 0.2) is 46.0 Å². The molecular weight excluding hydrogens is 401 g/mol. The lowest BCUT2D eigenvalue weighted by atomic mass is 10.1. The van der Waals surface area contributed by atoms with E-state index < -0.39 is 30.0 Å². The molecule has 2 unspecified atom stereocenters. The molecule has 4 N–H and O–H groups in total. The molecule has 1 aliphatic heterocycles. The Kier molecular flexibility index (Phi) is 6.40. The molecule has 1 aromatic rings. The normalized spacial score (nSPS) is 19.8. The number of aromatic amines is 1. The first-order chi connectivity index (χ1) is 14.2. The van der Waals surface area contributed by atoms with Crippen LogP contribution in [0.25, 0.3) is 0 Å². The number of anilines is 1. The molecule has 0 radical (unpaired) electrons. The van der Waals surface area contributed by atoms with Crippen molar-refractivity contribution in [2.75, 3.05) is 18.5 Å². The van der Waals surface area contributed by atoms with Crippen molar-refractivity contribution in [1.29, 1.82) is 5.41 Å². The smallest absolute Gasteiger partial charge is 0.390 e. The molecule has 1 fully saturated rings. The molecule has 2 aliphatic rings. The van der Waals surface area contributed by atoms with Gasteiger partial charge >= 0.3 is 6.18 Å². The third-order valence-electron chi connectivity index (χ3n) is 4.76. The van der Waals surface area contributed by atoms with Crippen LogP contribution in [0.5, 0.6) is 0 Å². The van der Waals surface area contributed by atoms with Gasteiger partial charge in [0.2, 0.25) is 0 Å². The number of rotatable bonds is 6. The van der Waals surface area contributed by atoms with E-state index in [1.807, 2.05) is 0 Å². The Bertz CT molecular complexity index is 1010. The third kappa shape index (κ3) is 4.79. The summed E-state index contributed by atoms with van der Waals surface area (Å²) in [5, 5.41) is 20.2. The summed E-state index contributed by atoms with van der Waals surface area (Å²) in [6, 6.07) is -0.563. The number of aromatic nitrogens is 2. The highest BCUT2D eigenvalue weighted by Crippen LogP contribution is 2.29. The minimum atomic E-state index is -4.49. The van der Waals surface area contributed by atoms with E-state index in [0.29, 0.717) is 24.4 Å². The predicted molar refractivity (Wildman–Crippen MR) is 105 cm³/mol. The van der Waals surface area contributed by atoms with Gasteiger partial charge in [-0.25, -0.2) is 4.98 Å². The van der Waals surface area contributed by atoms with E-state index in [2.05, 4.69) is 21.0 Å². The zero-order chi connectivity index (χ0) is 21.9. The van der Waals surface area contributed by atoms with Crippen molar-refractivity contribution in [3.05, 3.63) is 62.9 Å². The van der Waals surface area contributed by atoms with Crippen LogP contribution in [0.2, 0.25) is 0 Å². The van der Waals surface area contributed by atoms with Crippen LogP contribution in [-0.4, -0.2) is 46.2 Å². The molecule has 0 saturated carbocycles. The van der Waals surface area contributed by atoms with Gasteiger partial charge in [-0.3, -0.25) is 4.79 Å². The standard InChI is InChI=1S/C20H21F3N4O3/c1-11(12-4-2-5-13(8-7-12)20(21,22)23)25-18-16(14(24)10-28)19(29)27-17(26-18)15-6-3-9-30-15/h4-5,7-8,11,15,24,28H,3,6,9-10H2,1H3,(H2,25,26,27,29). The van der Waals surface area contributed by atoms with Gasteiger partial charge in [0.1, 0.15) is 23.3 Å². The third-order valence-corrected chi connectivity index (χ3v) is 4.76. The van der Waals surface area contributed by atoms with Crippen LogP contribution in [0.3, 0.4) is 0 Å². The fraction of sp³-hybridized carbons (Fsp3) is 0.400. The fourth-order valence-electron chi connectivity index (χ4n) is 3.14. The Morgan fingerprint density at radius 1 is 1.47 bits per heavy atom. The van der Waals surface area contributed by atoms with E-state index in [-0.39, 0.29) is 23.2 Å².